The molecule has 2 N–H and O–H groups in total. The van der Waals surface area contributed by atoms with Crippen molar-refractivity contribution in [3.8, 4) is 0 Å². The zero-order valence-electron chi connectivity index (χ0n) is 13.3. The van der Waals surface area contributed by atoms with Gasteiger partial charge in [0.1, 0.15) is 18.3 Å². The molecular weight excluding hydrogens is 308 g/mol. The van der Waals surface area contributed by atoms with Gasteiger partial charge in [-0.3, -0.25) is 0 Å². The molecule has 0 aliphatic carbocycles. The number of carbonyl (C=O) groups is 1. The lowest BCUT2D eigenvalue weighted by Crippen LogP contribution is -2.48. The highest BCUT2D eigenvalue weighted by Gasteiger charge is 2.36. The summed E-state index contributed by atoms with van der Waals surface area (Å²) in [6.07, 6.45) is 5.41. The smallest absolute Gasteiger partial charge is 0.330 e. The molecule has 5 atom stereocenters. The highest BCUT2D eigenvalue weighted by Crippen LogP contribution is 2.27. The van der Waals surface area contributed by atoms with Gasteiger partial charge in [0.15, 0.2) is 0 Å². The lowest BCUT2D eigenvalue weighted by atomic mass is 9.93. The molecule has 5 nitrogen and oxygen atoms in total. The van der Waals surface area contributed by atoms with Crippen molar-refractivity contribution in [1.29, 1.82) is 0 Å². The van der Waals surface area contributed by atoms with Crippen LogP contribution in [0.1, 0.15) is 24.8 Å². The van der Waals surface area contributed by atoms with Gasteiger partial charge in [-0.25, -0.2) is 4.79 Å². The van der Waals surface area contributed by atoms with E-state index in [4.69, 9.17) is 9.47 Å². The summed E-state index contributed by atoms with van der Waals surface area (Å²) in [5.41, 5.74) is 0.997. The molecule has 1 aromatic rings. The summed E-state index contributed by atoms with van der Waals surface area (Å²) in [5.74, 6) is -0.344. The van der Waals surface area contributed by atoms with Crippen LogP contribution in [0, 0.1) is 0 Å². The van der Waals surface area contributed by atoms with Gasteiger partial charge in [-0.2, -0.15) is 0 Å². The Balaban J connectivity index is 1.62. The third-order valence-corrected chi connectivity index (χ3v) is 4.32. The maximum atomic E-state index is 11.3. The molecule has 2 heterocycles. The number of benzene rings is 1. The van der Waals surface area contributed by atoms with Crippen molar-refractivity contribution >= 4 is 12.0 Å². The van der Waals surface area contributed by atoms with Gasteiger partial charge in [0.05, 0.1) is 12.2 Å². The molecular formula is C19H22O5. The normalized spacial score (nSPS) is 33.6. The maximum Gasteiger partial charge on any atom is 0.330 e. The Labute approximate surface area is 141 Å². The topological polar surface area (TPSA) is 76.0 Å². The van der Waals surface area contributed by atoms with Crippen LogP contribution in [-0.2, 0) is 14.3 Å². The molecule has 0 radical (unpaired) electrons. The van der Waals surface area contributed by atoms with Gasteiger partial charge in [-0.1, -0.05) is 48.6 Å². The second-order valence-corrected chi connectivity index (χ2v) is 6.22. The van der Waals surface area contributed by atoms with E-state index in [1.165, 1.54) is 6.08 Å². The minimum absolute atomic E-state index is 0.242. The molecule has 0 aromatic heterocycles. The van der Waals surface area contributed by atoms with Crippen LogP contribution < -0.4 is 0 Å². The summed E-state index contributed by atoms with van der Waals surface area (Å²) in [4.78, 5) is 11.3. The number of esters is 1. The molecule has 1 saturated heterocycles. The Bertz CT molecular complexity index is 609. The van der Waals surface area contributed by atoms with Gasteiger partial charge in [0, 0.05) is 25.3 Å². The van der Waals surface area contributed by atoms with Gasteiger partial charge in [-0.05, 0) is 5.56 Å². The first-order valence-electron chi connectivity index (χ1n) is 8.24. The van der Waals surface area contributed by atoms with Crippen molar-refractivity contribution in [3.05, 3.63) is 54.1 Å². The maximum absolute atomic E-state index is 11.3. The van der Waals surface area contributed by atoms with Crippen LogP contribution >= 0.6 is 0 Å². The van der Waals surface area contributed by atoms with Gasteiger partial charge < -0.3 is 19.7 Å². The van der Waals surface area contributed by atoms with Crippen molar-refractivity contribution in [2.24, 2.45) is 0 Å². The Kier molecular flexibility index (Phi) is 5.45. The number of hydrogen-bond donors (Lipinski definition) is 2. The SMILES string of the molecule is O=C1C=CC[C@@H](C[C@@H]2C[C@@H](O)[C@@H](O)[C@H](C=Cc3ccccc3)O2)O1. The predicted octanol–water partition coefficient (Wildman–Crippen LogP) is 1.84. The van der Waals surface area contributed by atoms with Gasteiger partial charge in [0.2, 0.25) is 0 Å². The van der Waals surface area contributed by atoms with Crippen molar-refractivity contribution in [1.82, 2.24) is 0 Å². The fourth-order valence-corrected chi connectivity index (χ4v) is 3.07. The van der Waals surface area contributed by atoms with E-state index in [2.05, 4.69) is 0 Å². The Morgan fingerprint density at radius 3 is 2.71 bits per heavy atom. The zero-order chi connectivity index (χ0) is 16.9. The first-order valence-corrected chi connectivity index (χ1v) is 8.24. The van der Waals surface area contributed by atoms with Crippen molar-refractivity contribution in [2.45, 2.75) is 49.8 Å². The van der Waals surface area contributed by atoms with Crippen molar-refractivity contribution in [3.63, 3.8) is 0 Å². The summed E-state index contributed by atoms with van der Waals surface area (Å²) < 4.78 is 11.2. The number of aliphatic hydroxyl groups is 2. The lowest BCUT2D eigenvalue weighted by Gasteiger charge is -2.37. The van der Waals surface area contributed by atoms with Crippen LogP contribution in [0.15, 0.2) is 48.6 Å². The molecule has 2 aliphatic rings. The molecule has 0 spiro atoms. The van der Waals surface area contributed by atoms with E-state index in [1.807, 2.05) is 36.4 Å². The largest absolute Gasteiger partial charge is 0.459 e. The number of cyclic esters (lactones) is 1. The molecule has 5 heteroatoms. The molecule has 0 amide bonds. The standard InChI is InChI=1S/C19H22O5/c20-16-12-15(11-14-7-4-8-18(21)24-14)23-17(19(16)22)10-9-13-5-2-1-3-6-13/h1-6,8-10,14-17,19-20,22H,7,11-12H2/t14-,15+,16+,17-,19+/m0/s1. The summed E-state index contributed by atoms with van der Waals surface area (Å²) in [6.45, 7) is 0. The second-order valence-electron chi connectivity index (χ2n) is 6.22. The first-order chi connectivity index (χ1) is 11.6. The molecule has 0 saturated carbocycles. The van der Waals surface area contributed by atoms with Crippen LogP contribution in [0.4, 0.5) is 0 Å². The first kappa shape index (κ1) is 16.9. The molecule has 0 unspecified atom stereocenters. The van der Waals surface area contributed by atoms with Gasteiger partial charge >= 0.3 is 5.97 Å². The Morgan fingerprint density at radius 1 is 1.17 bits per heavy atom. The van der Waals surface area contributed by atoms with Crippen LogP contribution in [-0.4, -0.2) is 46.7 Å². The summed E-state index contributed by atoms with van der Waals surface area (Å²) in [5, 5.41) is 20.3. The number of rotatable bonds is 4. The lowest BCUT2D eigenvalue weighted by molar-refractivity contribution is -0.165. The zero-order valence-corrected chi connectivity index (χ0v) is 13.3. The van der Waals surface area contributed by atoms with E-state index in [9.17, 15) is 15.0 Å². The van der Waals surface area contributed by atoms with Crippen LogP contribution in [0.25, 0.3) is 6.08 Å². The highest BCUT2D eigenvalue weighted by molar-refractivity contribution is 5.82. The number of aliphatic hydroxyl groups excluding tert-OH is 2. The van der Waals surface area contributed by atoms with E-state index in [1.54, 1.807) is 12.2 Å². The van der Waals surface area contributed by atoms with E-state index in [0.29, 0.717) is 19.3 Å². The van der Waals surface area contributed by atoms with E-state index >= 15 is 0 Å². The van der Waals surface area contributed by atoms with E-state index in [-0.39, 0.29) is 18.2 Å². The van der Waals surface area contributed by atoms with Crippen molar-refractivity contribution < 1.29 is 24.5 Å². The number of hydrogen-bond acceptors (Lipinski definition) is 5. The molecule has 1 fully saturated rings. The predicted molar refractivity (Wildman–Crippen MR) is 89.0 cm³/mol. The quantitative estimate of drug-likeness (QED) is 0.824. The second kappa shape index (κ2) is 7.75. The fraction of sp³-hybridized carbons (Fsp3) is 0.421. The van der Waals surface area contributed by atoms with Crippen LogP contribution in [0.5, 0.6) is 0 Å². The third-order valence-electron chi connectivity index (χ3n) is 4.32. The highest BCUT2D eigenvalue weighted by atomic mass is 16.5. The van der Waals surface area contributed by atoms with Crippen LogP contribution in [0.3, 0.4) is 0 Å². The van der Waals surface area contributed by atoms with Crippen LogP contribution in [0.2, 0.25) is 0 Å². The minimum Gasteiger partial charge on any atom is -0.459 e. The minimum atomic E-state index is -0.963. The van der Waals surface area contributed by atoms with Gasteiger partial charge in [0.25, 0.3) is 0 Å². The molecule has 2 aliphatic heterocycles. The molecule has 0 bridgehead atoms. The number of ether oxygens (including phenoxy) is 2. The average Bonchev–Trinajstić information content (AvgIpc) is 2.58. The molecule has 24 heavy (non-hydrogen) atoms. The Hall–Kier alpha value is -1.95. The third kappa shape index (κ3) is 4.32. The van der Waals surface area contributed by atoms with Gasteiger partial charge in [-0.15, -0.1) is 0 Å². The number of carbonyl (C=O) groups excluding carboxylic acids is 1. The van der Waals surface area contributed by atoms with E-state index < -0.39 is 18.3 Å². The monoisotopic (exact) mass is 330 g/mol. The van der Waals surface area contributed by atoms with Crippen molar-refractivity contribution in [2.75, 3.05) is 0 Å². The summed E-state index contributed by atoms with van der Waals surface area (Å²) in [6, 6.07) is 9.70. The molecule has 128 valence electrons. The average molecular weight is 330 g/mol. The van der Waals surface area contributed by atoms with E-state index in [0.717, 1.165) is 5.56 Å². The fourth-order valence-electron chi connectivity index (χ4n) is 3.07. The molecule has 1 aromatic carbocycles. The summed E-state index contributed by atoms with van der Waals surface area (Å²) in [7, 11) is 0. The Morgan fingerprint density at radius 2 is 1.96 bits per heavy atom. The molecule has 3 rings (SSSR count). The summed E-state index contributed by atoms with van der Waals surface area (Å²) >= 11 is 0.